The number of H-pyrrole nitrogens is 1. The van der Waals surface area contributed by atoms with Crippen LogP contribution >= 0.6 is 11.6 Å². The van der Waals surface area contributed by atoms with Crippen LogP contribution in [0, 0.1) is 6.92 Å². The van der Waals surface area contributed by atoms with Crippen molar-refractivity contribution in [2.75, 3.05) is 0 Å². The third-order valence-electron chi connectivity index (χ3n) is 3.86. The number of aromatic amines is 1. The fourth-order valence-corrected chi connectivity index (χ4v) is 2.63. The number of alkyl halides is 8. The summed E-state index contributed by atoms with van der Waals surface area (Å²) < 4.78 is 116. The van der Waals surface area contributed by atoms with E-state index in [1.165, 1.54) is 6.92 Å². The van der Waals surface area contributed by atoms with Crippen LogP contribution in [0.3, 0.4) is 0 Å². The summed E-state index contributed by atoms with van der Waals surface area (Å²) in [6.07, 6.45) is -11.2. The molecule has 3 aromatic rings. The summed E-state index contributed by atoms with van der Waals surface area (Å²) in [5.41, 5.74) is -5.68. The van der Waals surface area contributed by atoms with Crippen LogP contribution in [0.25, 0.3) is 11.5 Å². The molecule has 15 heteroatoms. The minimum atomic E-state index is -6.22. The molecule has 0 spiro atoms. The molecule has 0 radical (unpaired) electrons. The van der Waals surface area contributed by atoms with Gasteiger partial charge in [0.15, 0.2) is 11.5 Å². The fourth-order valence-electron chi connectivity index (χ4n) is 2.41. The van der Waals surface area contributed by atoms with Gasteiger partial charge < -0.3 is 14.2 Å². The highest BCUT2D eigenvalue weighted by Gasteiger charge is 2.62. The van der Waals surface area contributed by atoms with Crippen LogP contribution in [0.2, 0.25) is 5.02 Å². The maximum atomic E-state index is 14.2. The van der Waals surface area contributed by atoms with Crippen LogP contribution < -0.4 is 10.3 Å². The number of hydrogen-bond acceptors (Lipinski definition) is 5. The molecule has 0 aliphatic carbocycles. The third-order valence-corrected chi connectivity index (χ3v) is 4.19. The average Bonchev–Trinajstić information content (AvgIpc) is 3.09. The summed E-state index contributed by atoms with van der Waals surface area (Å²) in [6.45, 7) is 1.37. The summed E-state index contributed by atoms with van der Waals surface area (Å²) in [5, 5.41) is 2.56. The SMILES string of the molecule is Cc1cc(-c2nc(C(F)(F)C(F)(F)F)c(Oc3ccc(Cl)c(C(F)(F)F)c3)c(=O)[nH]2)no1. The zero-order chi connectivity index (χ0) is 24.1. The van der Waals surface area contributed by atoms with Gasteiger partial charge in [0.1, 0.15) is 17.2 Å². The minimum Gasteiger partial charge on any atom is -0.449 e. The van der Waals surface area contributed by atoms with Crippen molar-refractivity contribution < 1.29 is 44.4 Å². The monoisotopic (exact) mass is 489 g/mol. The maximum Gasteiger partial charge on any atom is 0.459 e. The lowest BCUT2D eigenvalue weighted by atomic mass is 10.2. The van der Waals surface area contributed by atoms with Gasteiger partial charge in [0.2, 0.25) is 5.75 Å². The van der Waals surface area contributed by atoms with E-state index in [1.54, 1.807) is 0 Å². The molecule has 0 aliphatic rings. The van der Waals surface area contributed by atoms with Gasteiger partial charge in [-0.05, 0) is 25.1 Å². The lowest BCUT2D eigenvalue weighted by Crippen LogP contribution is -2.36. The zero-order valence-corrected chi connectivity index (χ0v) is 16.1. The van der Waals surface area contributed by atoms with Crippen molar-refractivity contribution in [1.29, 1.82) is 0 Å². The molecule has 1 N–H and O–H groups in total. The fraction of sp³-hybridized carbons (Fsp3) is 0.235. The Morgan fingerprint density at radius 2 is 1.72 bits per heavy atom. The topological polar surface area (TPSA) is 81.0 Å². The molecule has 0 saturated heterocycles. The average molecular weight is 490 g/mol. The van der Waals surface area contributed by atoms with Crippen LogP contribution in [0.4, 0.5) is 35.1 Å². The molecule has 32 heavy (non-hydrogen) atoms. The van der Waals surface area contributed by atoms with Crippen molar-refractivity contribution in [3.05, 3.63) is 56.7 Å². The Morgan fingerprint density at radius 3 is 2.25 bits per heavy atom. The lowest BCUT2D eigenvalue weighted by molar-refractivity contribution is -0.291. The molecular weight excluding hydrogens is 482 g/mol. The first-order chi connectivity index (χ1) is 14.6. The lowest BCUT2D eigenvalue weighted by Gasteiger charge is -2.21. The van der Waals surface area contributed by atoms with Gasteiger partial charge in [-0.15, -0.1) is 0 Å². The van der Waals surface area contributed by atoms with Gasteiger partial charge in [-0.3, -0.25) is 4.79 Å². The van der Waals surface area contributed by atoms with Gasteiger partial charge in [-0.2, -0.15) is 35.1 Å². The number of benzene rings is 1. The number of hydrogen-bond donors (Lipinski definition) is 1. The van der Waals surface area contributed by atoms with Crippen LogP contribution in [-0.4, -0.2) is 21.3 Å². The van der Waals surface area contributed by atoms with Crippen molar-refractivity contribution >= 4 is 11.6 Å². The zero-order valence-electron chi connectivity index (χ0n) is 15.3. The molecule has 2 heterocycles. The molecule has 0 bridgehead atoms. The van der Waals surface area contributed by atoms with Gasteiger partial charge in [0.05, 0.1) is 10.6 Å². The summed E-state index contributed by atoms with van der Waals surface area (Å²) in [5.74, 6) is -8.98. The highest BCUT2D eigenvalue weighted by molar-refractivity contribution is 6.31. The Kier molecular flexibility index (Phi) is 5.70. The summed E-state index contributed by atoms with van der Waals surface area (Å²) >= 11 is 5.43. The van der Waals surface area contributed by atoms with E-state index >= 15 is 0 Å². The Balaban J connectivity index is 2.21. The van der Waals surface area contributed by atoms with Crippen molar-refractivity contribution in [2.45, 2.75) is 25.2 Å². The van der Waals surface area contributed by atoms with E-state index in [-0.39, 0.29) is 17.5 Å². The van der Waals surface area contributed by atoms with E-state index in [9.17, 15) is 39.9 Å². The number of aryl methyl sites for hydroxylation is 1. The molecule has 172 valence electrons. The smallest absolute Gasteiger partial charge is 0.449 e. The van der Waals surface area contributed by atoms with Crippen molar-refractivity contribution in [3.63, 3.8) is 0 Å². The predicted octanol–water partition coefficient (Wildman–Crippen LogP) is 5.85. The van der Waals surface area contributed by atoms with Crippen molar-refractivity contribution in [1.82, 2.24) is 15.1 Å². The number of rotatable bonds is 4. The van der Waals surface area contributed by atoms with Gasteiger partial charge in [0, 0.05) is 6.07 Å². The highest BCUT2D eigenvalue weighted by Crippen LogP contribution is 2.46. The van der Waals surface area contributed by atoms with Gasteiger partial charge >= 0.3 is 18.3 Å². The Morgan fingerprint density at radius 1 is 1.06 bits per heavy atom. The first kappa shape index (κ1) is 23.5. The van der Waals surface area contributed by atoms with Crippen molar-refractivity contribution in [2.24, 2.45) is 0 Å². The predicted molar refractivity (Wildman–Crippen MR) is 91.6 cm³/mol. The van der Waals surface area contributed by atoms with Gasteiger partial charge in [-0.25, -0.2) is 4.98 Å². The van der Waals surface area contributed by atoms with E-state index in [0.29, 0.717) is 6.07 Å². The molecular formula is C17H8ClF8N3O3. The molecule has 0 fully saturated rings. The molecule has 0 unspecified atom stereocenters. The normalized spacial score (nSPS) is 12.8. The largest absolute Gasteiger partial charge is 0.459 e. The number of nitrogens with zero attached hydrogens (tertiary/aromatic N) is 2. The van der Waals surface area contributed by atoms with E-state index in [0.717, 1.165) is 12.1 Å². The molecule has 6 nitrogen and oxygen atoms in total. The number of ether oxygens (including phenoxy) is 1. The highest BCUT2D eigenvalue weighted by atomic mass is 35.5. The van der Waals surface area contributed by atoms with E-state index in [2.05, 4.69) is 14.7 Å². The number of nitrogens with one attached hydrogen (secondary N) is 1. The Hall–Kier alpha value is -3.16. The molecule has 1 aromatic carbocycles. The van der Waals surface area contributed by atoms with Gasteiger partial charge in [-0.1, -0.05) is 16.8 Å². The summed E-state index contributed by atoms with van der Waals surface area (Å²) in [7, 11) is 0. The molecule has 0 amide bonds. The molecule has 0 aliphatic heterocycles. The maximum absolute atomic E-state index is 14.2. The minimum absolute atomic E-state index is 0.118. The Labute approximate surface area is 176 Å². The molecule has 0 atom stereocenters. The quantitative estimate of drug-likeness (QED) is 0.465. The summed E-state index contributed by atoms with van der Waals surface area (Å²) in [4.78, 5) is 17.3. The molecule has 3 rings (SSSR count). The van der Waals surface area contributed by atoms with Crippen LogP contribution in [0.5, 0.6) is 11.5 Å². The Bertz CT molecular complexity index is 1220. The molecule has 2 aromatic heterocycles. The van der Waals surface area contributed by atoms with E-state index in [4.69, 9.17) is 16.3 Å². The van der Waals surface area contributed by atoms with E-state index < -0.39 is 57.4 Å². The van der Waals surface area contributed by atoms with Crippen LogP contribution in [-0.2, 0) is 12.1 Å². The standard InChI is InChI=1S/C17H8ClF8N3O3/c1-6-4-10(29-32-6)13-27-12(15(19,20)17(24,25)26)11(14(30)28-13)31-7-2-3-9(18)8(5-7)16(21,22)23/h2-5H,1H3,(H,27,28,30). The first-order valence-corrected chi connectivity index (χ1v) is 8.56. The second-order valence-electron chi connectivity index (χ2n) is 6.23. The first-order valence-electron chi connectivity index (χ1n) is 8.19. The van der Waals surface area contributed by atoms with Crippen LogP contribution in [0.1, 0.15) is 17.0 Å². The van der Waals surface area contributed by atoms with Crippen molar-refractivity contribution in [3.8, 4) is 23.0 Å². The number of aromatic nitrogens is 3. The van der Waals surface area contributed by atoms with E-state index in [1.807, 2.05) is 4.98 Å². The van der Waals surface area contributed by atoms with Crippen LogP contribution in [0.15, 0.2) is 33.6 Å². The third kappa shape index (κ3) is 4.40. The second-order valence-corrected chi connectivity index (χ2v) is 6.64. The number of halogens is 9. The molecule has 0 saturated carbocycles. The second kappa shape index (κ2) is 7.76. The van der Waals surface area contributed by atoms with Gasteiger partial charge in [0.25, 0.3) is 5.56 Å². The summed E-state index contributed by atoms with van der Waals surface area (Å²) in [6, 6.07) is 2.71.